The Labute approximate surface area is 140 Å². The number of nitrogens with one attached hydrogen (secondary N) is 1. The van der Waals surface area contributed by atoms with Crippen LogP contribution in [0, 0.1) is 22.7 Å². The number of guanidine groups is 1. The normalized spacial score (nSPS) is 12.6. The third-order valence-electron chi connectivity index (χ3n) is 2.66. The lowest BCUT2D eigenvalue weighted by atomic mass is 10.2. The largest absolute Gasteiger partial charge is 0.367 e. The van der Waals surface area contributed by atoms with Gasteiger partial charge >= 0.3 is 0 Å². The second-order valence-corrected chi connectivity index (χ2v) is 4.38. The number of rotatable bonds is 6. The zero-order chi connectivity index (χ0) is 17.6. The molecule has 0 heterocycles. The Morgan fingerprint density at radius 3 is 2.67 bits per heavy atom. The molecule has 24 heavy (non-hydrogen) atoms. The zero-order valence-corrected chi connectivity index (χ0v) is 13.2. The molecule has 0 saturated heterocycles. The van der Waals surface area contributed by atoms with Crippen molar-refractivity contribution in [2.75, 3.05) is 0 Å². The van der Waals surface area contributed by atoms with Crippen LogP contribution < -0.4 is 11.2 Å². The molecule has 0 bridgehead atoms. The van der Waals surface area contributed by atoms with Crippen LogP contribution in [0.1, 0.15) is 24.5 Å². The summed E-state index contributed by atoms with van der Waals surface area (Å²) in [6, 6.07) is 11.0. The summed E-state index contributed by atoms with van der Waals surface area (Å²) in [4.78, 5) is 0. The first-order chi connectivity index (χ1) is 11.7. The van der Waals surface area contributed by atoms with Crippen molar-refractivity contribution in [3.05, 3.63) is 59.2 Å². The molecule has 3 N–H and O–H groups in total. The van der Waals surface area contributed by atoms with Gasteiger partial charge in [-0.1, -0.05) is 24.3 Å². The minimum absolute atomic E-state index is 0.0475. The van der Waals surface area contributed by atoms with E-state index >= 15 is 0 Å². The van der Waals surface area contributed by atoms with Gasteiger partial charge in [0.2, 0.25) is 5.96 Å². The lowest BCUT2D eigenvalue weighted by Crippen LogP contribution is -2.26. The standard InChI is InChI=1S/C17H17N7/c1-2-14(11-18)5-3-4-10-21-23-17(20)24-22-13-16-8-6-15(12-19)7-9-16/h2-3,5-10,13H,4H2,1H3,(H3,20,23,24)/b5-3-,14-2+,21-10+,22-13+. The van der Waals surface area contributed by atoms with E-state index in [0.717, 1.165) is 5.56 Å². The van der Waals surface area contributed by atoms with Gasteiger partial charge in [-0.3, -0.25) is 0 Å². The van der Waals surface area contributed by atoms with E-state index in [2.05, 4.69) is 20.7 Å². The van der Waals surface area contributed by atoms with Crippen molar-refractivity contribution < 1.29 is 0 Å². The highest BCUT2D eigenvalue weighted by Crippen LogP contribution is 2.00. The van der Waals surface area contributed by atoms with Gasteiger partial charge in [-0.05, 0) is 30.7 Å². The van der Waals surface area contributed by atoms with E-state index in [-0.39, 0.29) is 5.96 Å². The van der Waals surface area contributed by atoms with Gasteiger partial charge < -0.3 is 5.73 Å². The van der Waals surface area contributed by atoms with Gasteiger partial charge in [0, 0.05) is 18.2 Å². The maximum atomic E-state index is 8.72. The van der Waals surface area contributed by atoms with E-state index in [1.807, 2.05) is 12.1 Å². The lowest BCUT2D eigenvalue weighted by molar-refractivity contribution is 0.993. The van der Waals surface area contributed by atoms with Crippen LogP contribution in [-0.2, 0) is 0 Å². The van der Waals surface area contributed by atoms with Gasteiger partial charge in [-0.2, -0.15) is 20.7 Å². The quantitative estimate of drug-likeness (QED) is 0.274. The second kappa shape index (κ2) is 10.9. The maximum Gasteiger partial charge on any atom is 0.234 e. The number of nitriles is 2. The average Bonchev–Trinajstić information content (AvgIpc) is 2.62. The number of hydrogen-bond acceptors (Lipinski definition) is 5. The Balaban J connectivity index is 2.41. The fourth-order valence-corrected chi connectivity index (χ4v) is 1.44. The fraction of sp³-hybridized carbons (Fsp3) is 0.118. The van der Waals surface area contributed by atoms with Gasteiger partial charge in [-0.25, -0.2) is 5.43 Å². The van der Waals surface area contributed by atoms with Gasteiger partial charge in [0.15, 0.2) is 0 Å². The van der Waals surface area contributed by atoms with Gasteiger partial charge in [0.05, 0.1) is 23.9 Å². The minimum Gasteiger partial charge on any atom is -0.367 e. The number of hydrogen-bond donors (Lipinski definition) is 2. The number of hydrazone groups is 1. The summed E-state index contributed by atoms with van der Waals surface area (Å²) in [6.07, 6.45) is 8.86. The highest BCUT2D eigenvalue weighted by molar-refractivity contribution is 5.83. The molecule has 1 rings (SSSR count). The molecule has 7 heteroatoms. The summed E-state index contributed by atoms with van der Waals surface area (Å²) in [5.41, 5.74) is 10.1. The molecule has 0 radical (unpaired) electrons. The van der Waals surface area contributed by atoms with E-state index in [0.29, 0.717) is 17.6 Å². The van der Waals surface area contributed by atoms with Gasteiger partial charge in [0.1, 0.15) is 0 Å². The molecule has 7 nitrogen and oxygen atoms in total. The molecule has 0 aliphatic rings. The van der Waals surface area contributed by atoms with E-state index in [1.54, 1.807) is 61.8 Å². The van der Waals surface area contributed by atoms with Crippen molar-refractivity contribution in [1.29, 1.82) is 10.5 Å². The molecule has 0 aliphatic heterocycles. The van der Waals surface area contributed by atoms with Crippen molar-refractivity contribution in [1.82, 2.24) is 5.43 Å². The molecule has 0 unspecified atom stereocenters. The van der Waals surface area contributed by atoms with Gasteiger partial charge in [0.25, 0.3) is 0 Å². The third-order valence-corrected chi connectivity index (χ3v) is 2.66. The van der Waals surface area contributed by atoms with Crippen molar-refractivity contribution in [2.24, 2.45) is 21.0 Å². The number of nitrogens with two attached hydrogens (primary N) is 1. The maximum absolute atomic E-state index is 8.72. The molecule has 0 atom stereocenters. The summed E-state index contributed by atoms with van der Waals surface area (Å²) in [5, 5.41) is 28.8. The van der Waals surface area contributed by atoms with Crippen LogP contribution >= 0.6 is 0 Å². The zero-order valence-electron chi connectivity index (χ0n) is 13.2. The van der Waals surface area contributed by atoms with Crippen LogP contribution in [0.25, 0.3) is 0 Å². The lowest BCUT2D eigenvalue weighted by Gasteiger charge is -1.96. The van der Waals surface area contributed by atoms with Crippen molar-refractivity contribution in [2.45, 2.75) is 13.3 Å². The van der Waals surface area contributed by atoms with Crippen molar-refractivity contribution in [3.63, 3.8) is 0 Å². The Kier molecular flexibility index (Phi) is 8.36. The van der Waals surface area contributed by atoms with E-state index in [1.165, 1.54) is 0 Å². The number of nitrogens with zero attached hydrogens (tertiary/aromatic N) is 5. The van der Waals surface area contributed by atoms with Crippen molar-refractivity contribution in [3.8, 4) is 12.1 Å². The molecule has 0 spiro atoms. The van der Waals surface area contributed by atoms with Crippen LogP contribution in [0.4, 0.5) is 0 Å². The molecule has 0 saturated carbocycles. The predicted octanol–water partition coefficient (Wildman–Crippen LogP) is 2.20. The highest BCUT2D eigenvalue weighted by Gasteiger charge is 1.90. The summed E-state index contributed by atoms with van der Waals surface area (Å²) < 4.78 is 0. The molecule has 0 aliphatic carbocycles. The highest BCUT2D eigenvalue weighted by atomic mass is 15.4. The Morgan fingerprint density at radius 1 is 1.29 bits per heavy atom. The number of benzene rings is 1. The van der Waals surface area contributed by atoms with Crippen molar-refractivity contribution >= 4 is 18.4 Å². The topological polar surface area (TPSA) is 123 Å². The fourth-order valence-electron chi connectivity index (χ4n) is 1.44. The smallest absolute Gasteiger partial charge is 0.234 e. The Morgan fingerprint density at radius 2 is 2.04 bits per heavy atom. The van der Waals surface area contributed by atoms with Crippen LogP contribution in [0.15, 0.2) is 63.4 Å². The molecular weight excluding hydrogens is 302 g/mol. The summed E-state index contributed by atoms with van der Waals surface area (Å²) in [7, 11) is 0. The Hall–Kier alpha value is -3.71. The van der Waals surface area contributed by atoms with Crippen LogP contribution in [0.3, 0.4) is 0 Å². The summed E-state index contributed by atoms with van der Waals surface area (Å²) in [6.45, 7) is 1.80. The van der Waals surface area contributed by atoms with Crippen LogP contribution in [-0.4, -0.2) is 18.4 Å². The summed E-state index contributed by atoms with van der Waals surface area (Å²) >= 11 is 0. The van der Waals surface area contributed by atoms with Crippen LogP contribution in [0.2, 0.25) is 0 Å². The molecule has 0 aromatic heterocycles. The first-order valence-corrected chi connectivity index (χ1v) is 7.06. The minimum atomic E-state index is 0.0475. The Bertz CT molecular complexity index is 754. The molecule has 0 amide bonds. The summed E-state index contributed by atoms with van der Waals surface area (Å²) in [5.74, 6) is 0.0475. The van der Waals surface area contributed by atoms with Crippen LogP contribution in [0.5, 0.6) is 0 Å². The SMILES string of the molecule is C/C=C(C#N)\C=C/C/C=N/N=C(N)N/N=C/c1ccc(C#N)cc1. The third kappa shape index (κ3) is 7.34. The second-order valence-electron chi connectivity index (χ2n) is 4.38. The molecular formula is C17H17N7. The monoisotopic (exact) mass is 319 g/mol. The molecule has 120 valence electrons. The van der Waals surface area contributed by atoms with E-state index < -0.39 is 0 Å². The first-order valence-electron chi connectivity index (χ1n) is 7.06. The van der Waals surface area contributed by atoms with E-state index in [9.17, 15) is 0 Å². The number of allylic oxidation sites excluding steroid dienone is 4. The van der Waals surface area contributed by atoms with Gasteiger partial charge in [-0.15, -0.1) is 5.10 Å². The predicted molar refractivity (Wildman–Crippen MR) is 95.1 cm³/mol. The molecule has 1 aromatic carbocycles. The van der Waals surface area contributed by atoms with E-state index in [4.69, 9.17) is 16.3 Å². The first kappa shape index (κ1) is 18.3. The average molecular weight is 319 g/mol. The molecule has 0 fully saturated rings. The molecule has 1 aromatic rings.